The summed E-state index contributed by atoms with van der Waals surface area (Å²) in [5.74, 6) is 0.164. The fourth-order valence-corrected chi connectivity index (χ4v) is 3.67. The minimum Gasteiger partial charge on any atom is -0.355 e. The Morgan fingerprint density at radius 1 is 1.27 bits per heavy atom. The van der Waals surface area contributed by atoms with Crippen molar-refractivity contribution in [2.45, 2.75) is 13.0 Å². The molecule has 0 aliphatic carbocycles. The number of nitrogens with one attached hydrogen (secondary N) is 1. The number of carbonyl (C=O) groups excluding carboxylic acids is 2. The molecule has 3 heterocycles. The van der Waals surface area contributed by atoms with Crippen molar-refractivity contribution in [3.63, 3.8) is 0 Å². The molecule has 1 atom stereocenters. The smallest absolute Gasteiger partial charge is 0.227 e. The highest BCUT2D eigenvalue weighted by atomic mass is 32.1. The number of nitrogens with zero attached hydrogens (tertiary/aromatic N) is 2. The van der Waals surface area contributed by atoms with Crippen molar-refractivity contribution in [3.05, 3.63) is 59.6 Å². The van der Waals surface area contributed by atoms with E-state index in [1.165, 1.54) is 0 Å². The van der Waals surface area contributed by atoms with Gasteiger partial charge in [-0.15, -0.1) is 11.3 Å². The monoisotopic (exact) mass is 367 g/mol. The maximum absolute atomic E-state index is 12.4. The highest BCUT2D eigenvalue weighted by molar-refractivity contribution is 7.13. The predicted octanol–water partition coefficient (Wildman–Crippen LogP) is 3.07. The molecule has 1 fully saturated rings. The minimum atomic E-state index is -0.355. The third-order valence-corrected chi connectivity index (χ3v) is 5.21. The number of benzene rings is 1. The number of hydrogen-bond donors (Lipinski definition) is 1. The van der Waals surface area contributed by atoms with Crippen LogP contribution in [0.1, 0.15) is 12.1 Å². The molecule has 4 rings (SSSR count). The van der Waals surface area contributed by atoms with Crippen LogP contribution < -0.4 is 10.2 Å². The van der Waals surface area contributed by atoms with Crippen LogP contribution >= 0.6 is 11.3 Å². The average molecular weight is 367 g/mol. The molecule has 0 saturated carbocycles. The number of aromatic nitrogens is 1. The summed E-state index contributed by atoms with van der Waals surface area (Å²) in [7, 11) is 0. The standard InChI is InChI=1S/C19H17N3O3S/c23-18-9-13(12-22(18)15-5-2-1-3-6-15)19(24)20-11-14-10-16(25-21-14)17-7-4-8-26-17/h1-8,10,13H,9,11-12H2,(H,20,24)/t13-/m1/s1. The first-order valence-electron chi connectivity index (χ1n) is 8.33. The molecule has 1 saturated heterocycles. The van der Waals surface area contributed by atoms with Gasteiger partial charge in [0.15, 0.2) is 5.76 Å². The third kappa shape index (κ3) is 3.39. The Hall–Kier alpha value is -2.93. The van der Waals surface area contributed by atoms with E-state index in [9.17, 15) is 9.59 Å². The molecule has 3 aromatic rings. The van der Waals surface area contributed by atoms with Gasteiger partial charge in [-0.3, -0.25) is 9.59 Å². The Balaban J connectivity index is 1.35. The van der Waals surface area contributed by atoms with Crippen molar-refractivity contribution in [1.29, 1.82) is 0 Å². The molecule has 0 radical (unpaired) electrons. The zero-order valence-electron chi connectivity index (χ0n) is 13.9. The van der Waals surface area contributed by atoms with Gasteiger partial charge in [-0.2, -0.15) is 0 Å². The van der Waals surface area contributed by atoms with Gasteiger partial charge >= 0.3 is 0 Å². The van der Waals surface area contributed by atoms with Gasteiger partial charge in [0.2, 0.25) is 11.8 Å². The number of hydrogen-bond acceptors (Lipinski definition) is 5. The molecule has 1 aliphatic heterocycles. The summed E-state index contributed by atoms with van der Waals surface area (Å²) in [6.07, 6.45) is 0.222. The summed E-state index contributed by atoms with van der Waals surface area (Å²) < 4.78 is 5.31. The summed E-state index contributed by atoms with van der Waals surface area (Å²) in [6, 6.07) is 15.1. The molecule has 26 heavy (non-hydrogen) atoms. The summed E-state index contributed by atoms with van der Waals surface area (Å²) in [5, 5.41) is 8.81. The maximum atomic E-state index is 12.4. The SMILES string of the molecule is O=C(NCc1cc(-c2cccs2)on1)[C@@H]1CC(=O)N(c2ccccc2)C1. The van der Waals surface area contributed by atoms with E-state index in [1.807, 2.05) is 53.9 Å². The normalized spacial score (nSPS) is 16.8. The second-order valence-corrected chi connectivity index (χ2v) is 7.07. The van der Waals surface area contributed by atoms with Gasteiger partial charge in [0.25, 0.3) is 0 Å². The molecular formula is C19H17N3O3S. The van der Waals surface area contributed by atoms with Crippen LogP contribution in [-0.4, -0.2) is 23.5 Å². The number of carbonyl (C=O) groups is 2. The molecule has 0 spiro atoms. The first-order chi connectivity index (χ1) is 12.7. The lowest BCUT2D eigenvalue weighted by Crippen LogP contribution is -2.32. The zero-order valence-corrected chi connectivity index (χ0v) is 14.7. The molecule has 1 aromatic carbocycles. The summed E-state index contributed by atoms with van der Waals surface area (Å²) in [5.41, 5.74) is 1.48. The van der Waals surface area contributed by atoms with Gasteiger partial charge in [0.05, 0.1) is 17.3 Å². The lowest BCUT2D eigenvalue weighted by molar-refractivity contribution is -0.126. The molecule has 2 amide bonds. The molecule has 132 valence electrons. The topological polar surface area (TPSA) is 75.4 Å². The van der Waals surface area contributed by atoms with Gasteiger partial charge in [0, 0.05) is 24.7 Å². The fourth-order valence-electron chi connectivity index (χ4n) is 2.99. The molecule has 7 heteroatoms. The van der Waals surface area contributed by atoms with Gasteiger partial charge in [-0.25, -0.2) is 0 Å². The van der Waals surface area contributed by atoms with Crippen LogP contribution in [0.15, 0.2) is 58.4 Å². The number of amides is 2. The lowest BCUT2D eigenvalue weighted by atomic mass is 10.1. The Morgan fingerprint density at radius 3 is 2.88 bits per heavy atom. The molecule has 1 aliphatic rings. The van der Waals surface area contributed by atoms with Crippen LogP contribution in [-0.2, 0) is 16.1 Å². The van der Waals surface area contributed by atoms with Gasteiger partial charge < -0.3 is 14.7 Å². The molecule has 1 N–H and O–H groups in total. The minimum absolute atomic E-state index is 0.0298. The lowest BCUT2D eigenvalue weighted by Gasteiger charge is -2.16. The molecule has 0 unspecified atom stereocenters. The van der Waals surface area contributed by atoms with Gasteiger partial charge in [-0.1, -0.05) is 29.4 Å². The number of anilines is 1. The van der Waals surface area contributed by atoms with Crippen LogP contribution in [0.25, 0.3) is 10.6 Å². The highest BCUT2D eigenvalue weighted by Gasteiger charge is 2.34. The predicted molar refractivity (Wildman–Crippen MR) is 98.6 cm³/mol. The Morgan fingerprint density at radius 2 is 2.12 bits per heavy atom. The summed E-state index contributed by atoms with van der Waals surface area (Å²) >= 11 is 1.57. The number of rotatable bonds is 5. The van der Waals surface area contributed by atoms with Crippen LogP contribution in [0.2, 0.25) is 0 Å². The van der Waals surface area contributed by atoms with Crippen molar-refractivity contribution >= 4 is 28.8 Å². The largest absolute Gasteiger partial charge is 0.355 e. The Kier molecular flexibility index (Phi) is 4.53. The third-order valence-electron chi connectivity index (χ3n) is 4.33. The van der Waals surface area contributed by atoms with E-state index in [0.717, 1.165) is 10.6 Å². The quantitative estimate of drug-likeness (QED) is 0.752. The van der Waals surface area contributed by atoms with E-state index in [1.54, 1.807) is 16.2 Å². The number of thiophene rings is 1. The first-order valence-corrected chi connectivity index (χ1v) is 9.21. The Labute approximate surface area is 154 Å². The van der Waals surface area contributed by atoms with Crippen LogP contribution in [0.4, 0.5) is 5.69 Å². The van der Waals surface area contributed by atoms with Crippen LogP contribution in [0, 0.1) is 5.92 Å². The molecule has 2 aromatic heterocycles. The maximum Gasteiger partial charge on any atom is 0.227 e. The van der Waals surface area contributed by atoms with Crippen molar-refractivity contribution in [2.24, 2.45) is 5.92 Å². The van der Waals surface area contributed by atoms with E-state index in [0.29, 0.717) is 18.0 Å². The van der Waals surface area contributed by atoms with E-state index < -0.39 is 0 Å². The fraction of sp³-hybridized carbons (Fsp3) is 0.211. The second kappa shape index (κ2) is 7.13. The Bertz CT molecular complexity index is 905. The van der Waals surface area contributed by atoms with Crippen molar-refractivity contribution in [3.8, 4) is 10.6 Å². The van der Waals surface area contributed by atoms with Crippen molar-refractivity contribution < 1.29 is 14.1 Å². The van der Waals surface area contributed by atoms with Gasteiger partial charge in [0.1, 0.15) is 5.69 Å². The van der Waals surface area contributed by atoms with E-state index in [4.69, 9.17) is 4.52 Å². The zero-order chi connectivity index (χ0) is 17.9. The highest BCUT2D eigenvalue weighted by Crippen LogP contribution is 2.26. The summed E-state index contributed by atoms with van der Waals surface area (Å²) in [4.78, 5) is 27.3. The average Bonchev–Trinajstić information content (AvgIpc) is 3.40. The number of para-hydroxylation sites is 1. The van der Waals surface area contributed by atoms with E-state index >= 15 is 0 Å². The summed E-state index contributed by atoms with van der Waals surface area (Å²) in [6.45, 7) is 0.678. The molecular weight excluding hydrogens is 350 g/mol. The van der Waals surface area contributed by atoms with E-state index in [-0.39, 0.29) is 30.7 Å². The van der Waals surface area contributed by atoms with Gasteiger partial charge in [-0.05, 0) is 23.6 Å². The van der Waals surface area contributed by atoms with E-state index in [2.05, 4.69) is 10.5 Å². The molecule has 6 nitrogen and oxygen atoms in total. The van der Waals surface area contributed by atoms with Crippen molar-refractivity contribution in [2.75, 3.05) is 11.4 Å². The second-order valence-electron chi connectivity index (χ2n) is 6.12. The van der Waals surface area contributed by atoms with Crippen LogP contribution in [0.3, 0.4) is 0 Å². The first kappa shape index (κ1) is 16.5. The molecule has 0 bridgehead atoms. The van der Waals surface area contributed by atoms with Crippen LogP contribution in [0.5, 0.6) is 0 Å². The van der Waals surface area contributed by atoms with Crippen molar-refractivity contribution in [1.82, 2.24) is 10.5 Å².